The summed E-state index contributed by atoms with van der Waals surface area (Å²) in [6, 6.07) is 7.61. The van der Waals surface area contributed by atoms with E-state index in [1.807, 2.05) is 0 Å². The van der Waals surface area contributed by atoms with Crippen LogP contribution >= 0.6 is 11.6 Å². The van der Waals surface area contributed by atoms with Crippen molar-refractivity contribution in [2.75, 3.05) is 6.61 Å². The number of nitriles is 1. The Morgan fingerprint density at radius 1 is 1.37 bits per heavy atom. The first-order valence-corrected chi connectivity index (χ1v) is 9.76. The first-order valence-electron chi connectivity index (χ1n) is 7.83. The van der Waals surface area contributed by atoms with Crippen LogP contribution in [0.25, 0.3) is 0 Å². The topological polar surface area (TPSA) is 119 Å². The van der Waals surface area contributed by atoms with E-state index < -0.39 is 38.2 Å². The average Bonchev–Trinajstić information content (AvgIpc) is 2.62. The molecule has 27 heavy (non-hydrogen) atoms. The first kappa shape index (κ1) is 20.6. The molecule has 1 atom stereocenters. The van der Waals surface area contributed by atoms with E-state index in [2.05, 4.69) is 5.10 Å². The molecule has 2 aromatic rings. The number of aryl methyl sites for hydroxylation is 1. The molecule has 10 heteroatoms. The Bertz CT molecular complexity index is 1060. The molecule has 8 nitrogen and oxygen atoms in total. The molecular formula is C17H16ClN3O5S. The van der Waals surface area contributed by atoms with Crippen molar-refractivity contribution in [3.8, 4) is 6.07 Å². The van der Waals surface area contributed by atoms with Crippen molar-refractivity contribution in [3.05, 3.63) is 57.0 Å². The second-order valence-electron chi connectivity index (χ2n) is 5.55. The third-order valence-electron chi connectivity index (χ3n) is 3.66. The van der Waals surface area contributed by atoms with Gasteiger partial charge >= 0.3 is 5.97 Å². The monoisotopic (exact) mass is 409 g/mol. The maximum atomic E-state index is 12.8. The van der Waals surface area contributed by atoms with Crippen LogP contribution in [0.3, 0.4) is 0 Å². The van der Waals surface area contributed by atoms with Gasteiger partial charge in [0.2, 0.25) is 0 Å². The van der Waals surface area contributed by atoms with Gasteiger partial charge in [-0.05, 0) is 26.0 Å². The molecule has 0 saturated heterocycles. The summed E-state index contributed by atoms with van der Waals surface area (Å²) in [7, 11) is -4.13. The van der Waals surface area contributed by atoms with Crippen molar-refractivity contribution in [2.24, 2.45) is 0 Å². The highest BCUT2D eigenvalue weighted by atomic mass is 35.5. The lowest BCUT2D eigenvalue weighted by Crippen LogP contribution is -2.29. The van der Waals surface area contributed by atoms with Gasteiger partial charge < -0.3 is 4.74 Å². The van der Waals surface area contributed by atoms with E-state index in [-0.39, 0.29) is 17.1 Å². The van der Waals surface area contributed by atoms with Gasteiger partial charge in [0.15, 0.2) is 15.1 Å². The molecule has 0 N–H and O–H groups in total. The summed E-state index contributed by atoms with van der Waals surface area (Å²) in [5.74, 6) is -0.694. The Balaban J connectivity index is 2.48. The molecule has 1 heterocycles. The number of nitrogens with zero attached hydrogens (tertiary/aromatic N) is 3. The number of benzene rings is 1. The molecule has 0 aliphatic carbocycles. The van der Waals surface area contributed by atoms with Crippen LogP contribution in [0.15, 0.2) is 40.2 Å². The summed E-state index contributed by atoms with van der Waals surface area (Å²) in [4.78, 5) is 23.7. The highest BCUT2D eigenvalue weighted by Crippen LogP contribution is 2.31. The van der Waals surface area contributed by atoms with Crippen LogP contribution in [0.4, 0.5) is 0 Å². The quantitative estimate of drug-likeness (QED) is 0.667. The Morgan fingerprint density at radius 3 is 2.56 bits per heavy atom. The minimum absolute atomic E-state index is 0.0774. The van der Waals surface area contributed by atoms with Gasteiger partial charge in [-0.2, -0.15) is 10.4 Å². The smallest absolute Gasteiger partial charge is 0.327 e. The molecule has 0 saturated carbocycles. The van der Waals surface area contributed by atoms with E-state index >= 15 is 0 Å². The Hall–Kier alpha value is -2.70. The molecule has 0 amide bonds. The number of sulfone groups is 1. The number of hydrogen-bond donors (Lipinski definition) is 0. The summed E-state index contributed by atoms with van der Waals surface area (Å²) >= 11 is 6.01. The Kier molecular flexibility index (Phi) is 6.36. The molecule has 0 radical (unpaired) electrons. The van der Waals surface area contributed by atoms with E-state index in [1.54, 1.807) is 32.0 Å². The molecule has 0 fully saturated rings. The standard InChI is InChI=1S/C17H16ClN3O5S/c1-3-26-15(22)10-21-17(23)16(18)13(9-20-21)14(8-19)27(24,25)12-6-4-11(2)5-7-12/h4-7,9,14H,3,10H2,1-2H3. The lowest BCUT2D eigenvalue weighted by Gasteiger charge is -2.13. The lowest BCUT2D eigenvalue weighted by atomic mass is 10.2. The van der Waals surface area contributed by atoms with Crippen molar-refractivity contribution in [3.63, 3.8) is 0 Å². The van der Waals surface area contributed by atoms with Gasteiger partial charge in [-0.25, -0.2) is 13.1 Å². The number of carbonyl (C=O) groups is 1. The van der Waals surface area contributed by atoms with E-state index in [0.29, 0.717) is 0 Å². The summed E-state index contributed by atoms with van der Waals surface area (Å²) in [6.45, 7) is 3.05. The minimum atomic E-state index is -4.13. The number of esters is 1. The Morgan fingerprint density at radius 2 is 2.00 bits per heavy atom. The fourth-order valence-corrected chi connectivity index (χ4v) is 4.03. The van der Waals surface area contributed by atoms with Crippen molar-refractivity contribution in [2.45, 2.75) is 30.5 Å². The van der Waals surface area contributed by atoms with Gasteiger partial charge in [-0.15, -0.1) is 0 Å². The summed E-state index contributed by atoms with van der Waals surface area (Å²) in [5.41, 5.74) is -0.282. The van der Waals surface area contributed by atoms with Crippen molar-refractivity contribution in [1.82, 2.24) is 9.78 Å². The number of ether oxygens (including phenoxy) is 1. The van der Waals surface area contributed by atoms with Gasteiger partial charge in [0.05, 0.1) is 23.8 Å². The number of rotatable bonds is 6. The van der Waals surface area contributed by atoms with Crippen molar-refractivity contribution in [1.29, 1.82) is 5.26 Å². The molecule has 1 unspecified atom stereocenters. The highest BCUT2D eigenvalue weighted by Gasteiger charge is 2.32. The third-order valence-corrected chi connectivity index (χ3v) is 5.94. The second-order valence-corrected chi connectivity index (χ2v) is 7.96. The van der Waals surface area contributed by atoms with E-state index in [9.17, 15) is 23.3 Å². The molecule has 0 aliphatic heterocycles. The van der Waals surface area contributed by atoms with Crippen molar-refractivity contribution < 1.29 is 17.9 Å². The number of aromatic nitrogens is 2. The highest BCUT2D eigenvalue weighted by molar-refractivity contribution is 7.92. The fraction of sp³-hybridized carbons (Fsp3) is 0.294. The SMILES string of the molecule is CCOC(=O)Cn1ncc(C(C#N)S(=O)(=O)c2ccc(C)cc2)c(Cl)c1=O. The average molecular weight is 410 g/mol. The van der Waals surface area contributed by atoms with Crippen LogP contribution in [-0.4, -0.2) is 30.8 Å². The molecule has 1 aromatic heterocycles. The Labute approximate surface area is 160 Å². The van der Waals surface area contributed by atoms with E-state index in [4.69, 9.17) is 16.3 Å². The molecule has 0 spiro atoms. The summed E-state index contributed by atoms with van der Waals surface area (Å²) in [6.07, 6.45) is 1.00. The number of hydrogen-bond acceptors (Lipinski definition) is 7. The van der Waals surface area contributed by atoms with Crippen LogP contribution < -0.4 is 5.56 Å². The van der Waals surface area contributed by atoms with E-state index in [0.717, 1.165) is 16.4 Å². The van der Waals surface area contributed by atoms with Gasteiger partial charge in [0, 0.05) is 5.56 Å². The van der Waals surface area contributed by atoms with Gasteiger partial charge in [-0.1, -0.05) is 29.3 Å². The van der Waals surface area contributed by atoms with Crippen LogP contribution in [0.1, 0.15) is 23.3 Å². The molecule has 2 rings (SSSR count). The molecular weight excluding hydrogens is 394 g/mol. The van der Waals surface area contributed by atoms with Crippen LogP contribution in [0.2, 0.25) is 5.02 Å². The largest absolute Gasteiger partial charge is 0.465 e. The van der Waals surface area contributed by atoms with Gasteiger partial charge in [-0.3, -0.25) is 9.59 Å². The predicted octanol–water partition coefficient (Wildman–Crippen LogP) is 1.81. The zero-order valence-corrected chi connectivity index (χ0v) is 16.1. The second kappa shape index (κ2) is 8.33. The number of carbonyl (C=O) groups excluding carboxylic acids is 1. The van der Waals surface area contributed by atoms with Gasteiger partial charge in [0.1, 0.15) is 11.6 Å². The zero-order valence-electron chi connectivity index (χ0n) is 14.5. The lowest BCUT2D eigenvalue weighted by molar-refractivity contribution is -0.144. The minimum Gasteiger partial charge on any atom is -0.465 e. The van der Waals surface area contributed by atoms with E-state index in [1.165, 1.54) is 12.1 Å². The first-order chi connectivity index (χ1) is 12.7. The maximum absolute atomic E-state index is 12.8. The van der Waals surface area contributed by atoms with Crippen LogP contribution in [0.5, 0.6) is 0 Å². The molecule has 142 valence electrons. The molecule has 1 aromatic carbocycles. The fourth-order valence-electron chi connectivity index (χ4n) is 2.27. The van der Waals surface area contributed by atoms with Gasteiger partial charge in [0.25, 0.3) is 5.56 Å². The maximum Gasteiger partial charge on any atom is 0.327 e. The van der Waals surface area contributed by atoms with Crippen LogP contribution in [0, 0.1) is 18.3 Å². The summed E-state index contributed by atoms with van der Waals surface area (Å²) in [5, 5.41) is 11.0. The van der Waals surface area contributed by atoms with Crippen LogP contribution in [-0.2, 0) is 25.9 Å². The predicted molar refractivity (Wildman–Crippen MR) is 96.9 cm³/mol. The third kappa shape index (κ3) is 4.35. The summed E-state index contributed by atoms with van der Waals surface area (Å²) < 4.78 is 31.1. The van der Waals surface area contributed by atoms with Crippen molar-refractivity contribution >= 4 is 27.4 Å². The number of halogens is 1. The normalized spacial score (nSPS) is 12.2. The molecule has 0 aliphatic rings. The molecule has 0 bridgehead atoms. The zero-order chi connectivity index (χ0) is 20.2.